The molecule has 0 atom stereocenters. The molecule has 1 nitrogen and oxygen atoms in total. The second-order valence-corrected chi connectivity index (χ2v) is 2.82. The van der Waals surface area contributed by atoms with Crippen LogP contribution in [-0.4, -0.2) is 6.61 Å². The largest absolute Gasteiger partial charge is 0.377 e. The summed E-state index contributed by atoms with van der Waals surface area (Å²) in [6, 6.07) is 10.1. The van der Waals surface area contributed by atoms with E-state index in [0.717, 1.165) is 6.42 Å². The van der Waals surface area contributed by atoms with Gasteiger partial charge in [0.05, 0.1) is 6.61 Å². The third-order valence-corrected chi connectivity index (χ3v) is 1.70. The molecule has 67 valence electrons. The molecule has 0 unspecified atom stereocenters. The van der Waals surface area contributed by atoms with E-state index < -0.39 is 0 Å². The fourth-order valence-corrected chi connectivity index (χ4v) is 1.03. The Morgan fingerprint density at radius 1 is 1.23 bits per heavy atom. The second-order valence-electron chi connectivity index (χ2n) is 2.82. The van der Waals surface area contributed by atoms with E-state index in [4.69, 9.17) is 11.2 Å². The molecular weight excluding hydrogens is 160 g/mol. The summed E-state index contributed by atoms with van der Waals surface area (Å²) in [6.07, 6.45) is 8.27. The highest BCUT2D eigenvalue weighted by atomic mass is 16.5. The van der Waals surface area contributed by atoms with Crippen molar-refractivity contribution in [3.8, 4) is 5.92 Å². The number of benzene rings is 1. The predicted octanol–water partition coefficient (Wildman–Crippen LogP) is 2.57. The van der Waals surface area contributed by atoms with Crippen LogP contribution in [-0.2, 0) is 11.3 Å². The molecule has 0 saturated heterocycles. The number of ether oxygens (including phenoxy) is 1. The minimum absolute atomic E-state index is 0.666. The number of hydrogen-bond acceptors (Lipinski definition) is 1. The Bertz CT molecular complexity index is 258. The summed E-state index contributed by atoms with van der Waals surface area (Å²) in [7, 11) is 0. The summed E-state index contributed by atoms with van der Waals surface area (Å²) in [6.45, 7) is 1.37. The lowest BCUT2D eigenvalue weighted by atomic mass is 10.2. The van der Waals surface area contributed by atoms with Crippen molar-refractivity contribution in [1.82, 2.24) is 0 Å². The Morgan fingerprint density at radius 2 is 2.00 bits per heavy atom. The van der Waals surface area contributed by atoms with Gasteiger partial charge < -0.3 is 4.74 Å². The molecule has 0 heterocycles. The van der Waals surface area contributed by atoms with E-state index >= 15 is 0 Å². The Morgan fingerprint density at radius 3 is 2.69 bits per heavy atom. The van der Waals surface area contributed by atoms with Gasteiger partial charge in [0, 0.05) is 13.0 Å². The van der Waals surface area contributed by atoms with Crippen LogP contribution in [0.3, 0.4) is 0 Å². The van der Waals surface area contributed by atoms with Crippen LogP contribution >= 0.6 is 0 Å². The first-order chi connectivity index (χ1) is 6.43. The van der Waals surface area contributed by atoms with Crippen LogP contribution < -0.4 is 0 Å². The molecule has 0 aromatic heterocycles. The van der Waals surface area contributed by atoms with E-state index in [2.05, 4.69) is 5.92 Å². The van der Waals surface area contributed by atoms with E-state index in [0.29, 0.717) is 19.6 Å². The summed E-state index contributed by atoms with van der Waals surface area (Å²) < 4.78 is 5.40. The Hall–Kier alpha value is -1.26. The van der Waals surface area contributed by atoms with Crippen LogP contribution in [0.1, 0.15) is 18.4 Å². The molecule has 0 amide bonds. The van der Waals surface area contributed by atoms with Crippen LogP contribution in [0.2, 0.25) is 0 Å². The number of unbranched alkanes of at least 4 members (excludes halogenated alkanes) is 1. The zero-order valence-electron chi connectivity index (χ0n) is 7.62. The van der Waals surface area contributed by atoms with E-state index in [1.54, 1.807) is 0 Å². The third kappa shape index (κ3) is 4.35. The highest BCUT2D eigenvalue weighted by Gasteiger charge is 1.90. The average Bonchev–Trinajstić information content (AvgIpc) is 2.19. The molecule has 1 aromatic carbocycles. The van der Waals surface area contributed by atoms with Crippen LogP contribution in [0.4, 0.5) is 0 Å². The topological polar surface area (TPSA) is 9.23 Å². The number of hydrogen-bond donors (Lipinski definition) is 0. The van der Waals surface area contributed by atoms with Gasteiger partial charge in [-0.15, -0.1) is 0 Å². The summed E-state index contributed by atoms with van der Waals surface area (Å²) in [5.74, 6) is 2.34. The molecule has 0 bridgehead atoms. The zero-order valence-corrected chi connectivity index (χ0v) is 7.62. The fourth-order valence-electron chi connectivity index (χ4n) is 1.03. The van der Waals surface area contributed by atoms with Gasteiger partial charge in [0.1, 0.15) is 0 Å². The molecule has 0 aliphatic heterocycles. The summed E-state index contributed by atoms with van der Waals surface area (Å²) in [4.78, 5) is 0. The molecule has 0 N–H and O–H groups in total. The summed E-state index contributed by atoms with van der Waals surface area (Å²) in [5.41, 5.74) is 1.20. The average molecular weight is 173 g/mol. The van der Waals surface area contributed by atoms with Gasteiger partial charge in [0.25, 0.3) is 0 Å². The van der Waals surface area contributed by atoms with Crippen molar-refractivity contribution in [3.05, 3.63) is 42.3 Å². The molecule has 0 aliphatic carbocycles. The Kier molecular flexibility index (Phi) is 4.74. The van der Waals surface area contributed by atoms with Crippen molar-refractivity contribution in [1.29, 1.82) is 0 Å². The molecule has 1 heteroatoms. The minimum atomic E-state index is 0.666. The lowest BCUT2D eigenvalue weighted by molar-refractivity contribution is 0.119. The van der Waals surface area contributed by atoms with Gasteiger partial charge in [0.2, 0.25) is 0 Å². The monoisotopic (exact) mass is 173 g/mol. The van der Waals surface area contributed by atoms with E-state index in [-0.39, 0.29) is 0 Å². The fraction of sp³-hybridized carbons (Fsp3) is 0.333. The van der Waals surface area contributed by atoms with E-state index in [9.17, 15) is 0 Å². The normalized spacial score (nSPS) is 9.46. The second kappa shape index (κ2) is 6.28. The van der Waals surface area contributed by atoms with E-state index in [1.165, 1.54) is 5.56 Å². The van der Waals surface area contributed by atoms with Gasteiger partial charge in [-0.05, 0) is 18.4 Å². The van der Waals surface area contributed by atoms with Gasteiger partial charge in [0.15, 0.2) is 0 Å². The van der Waals surface area contributed by atoms with Crippen molar-refractivity contribution in [2.24, 2.45) is 0 Å². The lowest BCUT2D eigenvalue weighted by Crippen LogP contribution is -1.94. The first kappa shape index (κ1) is 9.83. The third-order valence-electron chi connectivity index (χ3n) is 1.70. The van der Waals surface area contributed by atoms with Gasteiger partial charge >= 0.3 is 0 Å². The standard InChI is InChI=1S/C12H13O/c1-2-3-7-10-13-11-12-8-5-4-6-9-12/h4-6,8-9H,3,7,10-11H2. The van der Waals surface area contributed by atoms with E-state index in [1.807, 2.05) is 30.3 Å². The highest BCUT2D eigenvalue weighted by molar-refractivity contribution is 5.13. The SMILES string of the molecule is [C]#CCCCOCc1ccccc1. The summed E-state index contributed by atoms with van der Waals surface area (Å²) >= 11 is 0. The lowest BCUT2D eigenvalue weighted by Gasteiger charge is -2.01. The van der Waals surface area contributed by atoms with Gasteiger partial charge in [-0.3, -0.25) is 0 Å². The zero-order chi connectivity index (χ0) is 9.36. The molecule has 0 fully saturated rings. The molecular formula is C12H13O. The highest BCUT2D eigenvalue weighted by Crippen LogP contribution is 2.00. The number of rotatable bonds is 5. The first-order valence-corrected chi connectivity index (χ1v) is 4.45. The molecule has 13 heavy (non-hydrogen) atoms. The van der Waals surface area contributed by atoms with Crippen LogP contribution in [0, 0.1) is 12.3 Å². The van der Waals surface area contributed by atoms with Crippen molar-refractivity contribution in [2.75, 3.05) is 6.61 Å². The predicted molar refractivity (Wildman–Crippen MR) is 52.5 cm³/mol. The van der Waals surface area contributed by atoms with Gasteiger partial charge in [-0.2, -0.15) is 0 Å². The maximum Gasteiger partial charge on any atom is 0.0716 e. The minimum Gasteiger partial charge on any atom is -0.377 e. The van der Waals surface area contributed by atoms with Crippen molar-refractivity contribution in [2.45, 2.75) is 19.4 Å². The molecule has 0 spiro atoms. The van der Waals surface area contributed by atoms with Crippen LogP contribution in [0.25, 0.3) is 0 Å². The molecule has 1 rings (SSSR count). The van der Waals surface area contributed by atoms with Crippen molar-refractivity contribution < 1.29 is 4.74 Å². The molecule has 1 aromatic rings. The quantitative estimate of drug-likeness (QED) is 0.491. The molecule has 0 saturated carbocycles. The molecule has 1 radical (unpaired) electrons. The Labute approximate surface area is 79.7 Å². The smallest absolute Gasteiger partial charge is 0.0716 e. The van der Waals surface area contributed by atoms with Gasteiger partial charge in [-0.1, -0.05) is 36.3 Å². The van der Waals surface area contributed by atoms with Crippen LogP contribution in [0.5, 0.6) is 0 Å². The van der Waals surface area contributed by atoms with Gasteiger partial charge in [-0.25, -0.2) is 0 Å². The van der Waals surface area contributed by atoms with Crippen LogP contribution in [0.15, 0.2) is 30.3 Å². The maximum atomic E-state index is 6.70. The van der Waals surface area contributed by atoms with Crippen molar-refractivity contribution >= 4 is 0 Å². The first-order valence-electron chi connectivity index (χ1n) is 4.45. The van der Waals surface area contributed by atoms with Crippen molar-refractivity contribution in [3.63, 3.8) is 0 Å². The molecule has 0 aliphatic rings. The summed E-state index contributed by atoms with van der Waals surface area (Å²) in [5, 5.41) is 0. The maximum absolute atomic E-state index is 6.70. The Balaban J connectivity index is 2.11.